The number of benzene rings is 2. The number of alkyl halides is 2. The molecule has 13 nitrogen and oxygen atoms in total. The molecule has 0 saturated carbocycles. The van der Waals surface area contributed by atoms with Crippen LogP contribution in [0.25, 0.3) is 11.1 Å². The quantitative estimate of drug-likeness (QED) is 0.341. The highest BCUT2D eigenvalue weighted by molar-refractivity contribution is 6.10. The second kappa shape index (κ2) is 13.0. The summed E-state index contributed by atoms with van der Waals surface area (Å²) in [6.07, 6.45) is 2.99. The second-order valence-electron chi connectivity index (χ2n) is 14.0. The molecule has 3 aromatic rings. The number of halogens is 3. The van der Waals surface area contributed by atoms with Gasteiger partial charge >= 0.3 is 12.1 Å². The summed E-state index contributed by atoms with van der Waals surface area (Å²) < 4.78 is 51.8. The molecule has 6 amide bonds. The molecule has 2 N–H and O–H groups in total. The van der Waals surface area contributed by atoms with E-state index >= 15 is 8.78 Å². The molecule has 2 saturated heterocycles. The Balaban J connectivity index is 1.23. The minimum absolute atomic E-state index is 0.0430. The summed E-state index contributed by atoms with van der Waals surface area (Å²) in [5.41, 5.74) is 0.783. The molecule has 2 atom stereocenters. The predicted octanol–water partition coefficient (Wildman–Crippen LogP) is 3.41. The van der Waals surface area contributed by atoms with E-state index < -0.39 is 79.0 Å². The largest absolute Gasteiger partial charge is 0.444 e. The molecule has 0 radical (unpaired) electrons. The molecule has 1 aliphatic carbocycles. The third-order valence-corrected chi connectivity index (χ3v) is 9.25. The number of hydrogen-bond donors (Lipinski definition) is 2. The molecule has 51 heavy (non-hydrogen) atoms. The van der Waals surface area contributed by atoms with Crippen LogP contribution in [0.4, 0.5) is 22.8 Å². The number of imide groups is 1. The Morgan fingerprint density at radius 3 is 2.49 bits per heavy atom. The minimum atomic E-state index is -3.58. The fourth-order valence-electron chi connectivity index (χ4n) is 6.74. The zero-order valence-corrected chi connectivity index (χ0v) is 28.5. The first-order valence-corrected chi connectivity index (χ1v) is 16.4. The average molecular weight is 710 g/mol. The lowest BCUT2D eigenvalue weighted by atomic mass is 9.90. The number of rotatable bonds is 8. The van der Waals surface area contributed by atoms with Crippen molar-refractivity contribution >= 4 is 29.8 Å². The van der Waals surface area contributed by atoms with E-state index in [-0.39, 0.29) is 18.9 Å². The number of aryl methyl sites for hydroxylation is 1. The maximum Gasteiger partial charge on any atom is 0.410 e. The Hall–Kier alpha value is -5.41. The number of nitrogens with one attached hydrogen (secondary N) is 2. The summed E-state index contributed by atoms with van der Waals surface area (Å²) in [5.74, 6) is -6.01. The first kappa shape index (κ1) is 35.4. The van der Waals surface area contributed by atoms with Crippen LogP contribution in [0, 0.1) is 5.82 Å². The van der Waals surface area contributed by atoms with Crippen LogP contribution in [0.2, 0.25) is 0 Å². The number of ether oxygens (including phenoxy) is 1. The molecule has 6 rings (SSSR count). The van der Waals surface area contributed by atoms with E-state index in [1.807, 2.05) is 6.07 Å². The normalized spacial score (nSPS) is 20.8. The van der Waals surface area contributed by atoms with E-state index in [2.05, 4.69) is 15.7 Å². The zero-order valence-electron chi connectivity index (χ0n) is 28.5. The highest BCUT2D eigenvalue weighted by Gasteiger charge is 2.57. The maximum atomic E-state index is 15.6. The Labute approximate surface area is 291 Å². The summed E-state index contributed by atoms with van der Waals surface area (Å²) in [7, 11) is 1.53. The molecule has 2 unspecified atom stereocenters. The summed E-state index contributed by atoms with van der Waals surface area (Å²) in [4.78, 5) is 68.2. The van der Waals surface area contributed by atoms with Gasteiger partial charge in [0.15, 0.2) is 0 Å². The summed E-state index contributed by atoms with van der Waals surface area (Å²) >= 11 is 0. The van der Waals surface area contributed by atoms with E-state index in [9.17, 15) is 28.4 Å². The number of likely N-dealkylation sites (tertiary alicyclic amines) is 1. The fraction of sp³-hybridized carbons (Fsp3) is 0.429. The highest BCUT2D eigenvalue weighted by atomic mass is 19.3. The SMILES string of the molecule is CNC(=O)Cn1cc(-c2ccc3c(c2)CCC32NC(=O)N(CC(=O)N(Cc3ccc(F)cc3)C3CN(C(=O)OC(C)(C)C)CC3(F)F)C2=O)cn1. The first-order chi connectivity index (χ1) is 24.0. The lowest BCUT2D eigenvalue weighted by molar-refractivity contribution is -0.146. The van der Waals surface area contributed by atoms with Crippen LogP contribution in [0.3, 0.4) is 0 Å². The van der Waals surface area contributed by atoms with Crippen molar-refractivity contribution in [2.45, 2.75) is 69.8 Å². The topological polar surface area (TPSA) is 146 Å². The van der Waals surface area contributed by atoms with E-state index in [0.29, 0.717) is 17.5 Å². The van der Waals surface area contributed by atoms with Gasteiger partial charge in [-0.05, 0) is 68.0 Å². The van der Waals surface area contributed by atoms with E-state index in [0.717, 1.165) is 43.5 Å². The van der Waals surface area contributed by atoms with Crippen molar-refractivity contribution in [2.24, 2.45) is 0 Å². The smallest absolute Gasteiger partial charge is 0.410 e. The van der Waals surface area contributed by atoms with Crippen LogP contribution < -0.4 is 10.6 Å². The summed E-state index contributed by atoms with van der Waals surface area (Å²) in [6, 6.07) is 7.62. The zero-order chi connectivity index (χ0) is 36.9. The maximum absolute atomic E-state index is 15.6. The van der Waals surface area contributed by atoms with Crippen LogP contribution in [0.1, 0.15) is 43.9 Å². The number of carbonyl (C=O) groups is 5. The molecule has 3 aliphatic rings. The van der Waals surface area contributed by atoms with Crippen molar-refractivity contribution < 1.29 is 41.9 Å². The van der Waals surface area contributed by atoms with Gasteiger partial charge in [0, 0.05) is 25.4 Å². The average Bonchev–Trinajstić information content (AvgIpc) is 3.81. The van der Waals surface area contributed by atoms with Crippen molar-refractivity contribution in [1.29, 1.82) is 0 Å². The van der Waals surface area contributed by atoms with Crippen molar-refractivity contribution in [3.63, 3.8) is 0 Å². The number of carbonyl (C=O) groups excluding carboxylic acids is 5. The first-order valence-electron chi connectivity index (χ1n) is 16.4. The third kappa shape index (κ3) is 6.99. The van der Waals surface area contributed by atoms with Gasteiger partial charge in [0.05, 0.1) is 19.3 Å². The molecule has 270 valence electrons. The van der Waals surface area contributed by atoms with Crippen LogP contribution in [-0.4, -0.2) is 98.6 Å². The summed E-state index contributed by atoms with van der Waals surface area (Å²) in [6.45, 7) is 2.01. The van der Waals surface area contributed by atoms with Gasteiger partial charge in [0.25, 0.3) is 11.8 Å². The predicted molar refractivity (Wildman–Crippen MR) is 175 cm³/mol. The van der Waals surface area contributed by atoms with Gasteiger partial charge in [0.2, 0.25) is 11.8 Å². The monoisotopic (exact) mass is 709 g/mol. The Morgan fingerprint density at radius 1 is 1.08 bits per heavy atom. The van der Waals surface area contributed by atoms with Crippen LogP contribution in [0.5, 0.6) is 0 Å². The van der Waals surface area contributed by atoms with Crippen LogP contribution >= 0.6 is 0 Å². The molecule has 1 spiro atoms. The van der Waals surface area contributed by atoms with Crippen LogP contribution in [-0.2, 0) is 44.2 Å². The number of nitrogens with zero attached hydrogens (tertiary/aromatic N) is 5. The van der Waals surface area contributed by atoms with E-state index in [4.69, 9.17) is 4.74 Å². The number of amides is 6. The standard InChI is InChI=1S/C35H38F3N7O6/c1-33(2,3)51-32(50)42-17-27(35(37,38)20-42)44(15-21-5-8-25(36)9-6-21)29(47)19-45-30(48)34(41-31(45)49)12-11-23-13-22(7-10-26(23)34)24-14-40-43(16-24)18-28(46)39-4/h5-10,13-14,16,27H,11-12,15,17-20H2,1-4H3,(H,39,46)(H,41,49). The van der Waals surface area contributed by atoms with Gasteiger partial charge < -0.3 is 20.3 Å². The van der Waals surface area contributed by atoms with Gasteiger partial charge in [0.1, 0.15) is 36.1 Å². The number of fused-ring (bicyclic) bond motifs is 2. The van der Waals surface area contributed by atoms with Crippen molar-refractivity contribution in [3.8, 4) is 11.1 Å². The molecular weight excluding hydrogens is 671 g/mol. The van der Waals surface area contributed by atoms with Gasteiger partial charge in [-0.3, -0.25) is 28.9 Å². The lowest BCUT2D eigenvalue weighted by Crippen LogP contribution is -2.53. The Kier molecular flexibility index (Phi) is 9.06. The number of aromatic nitrogens is 2. The molecule has 3 heterocycles. The van der Waals surface area contributed by atoms with Gasteiger partial charge in [-0.25, -0.2) is 22.8 Å². The Bertz CT molecular complexity index is 1890. The van der Waals surface area contributed by atoms with Crippen molar-refractivity contribution in [1.82, 2.24) is 35.1 Å². The van der Waals surface area contributed by atoms with Gasteiger partial charge in [-0.1, -0.05) is 30.3 Å². The molecule has 2 aromatic carbocycles. The molecular formula is C35H38F3N7O6. The van der Waals surface area contributed by atoms with Crippen molar-refractivity contribution in [2.75, 3.05) is 26.7 Å². The third-order valence-electron chi connectivity index (χ3n) is 9.25. The van der Waals surface area contributed by atoms with E-state index in [1.165, 1.54) is 23.9 Å². The van der Waals surface area contributed by atoms with Gasteiger partial charge in [-0.15, -0.1) is 0 Å². The van der Waals surface area contributed by atoms with Crippen LogP contribution in [0.15, 0.2) is 54.9 Å². The minimum Gasteiger partial charge on any atom is -0.444 e. The van der Waals surface area contributed by atoms with Crippen molar-refractivity contribution in [3.05, 3.63) is 77.4 Å². The molecule has 2 aliphatic heterocycles. The number of hydrogen-bond acceptors (Lipinski definition) is 7. The molecule has 0 bridgehead atoms. The Morgan fingerprint density at radius 2 is 1.80 bits per heavy atom. The number of urea groups is 1. The highest BCUT2D eigenvalue weighted by Crippen LogP contribution is 2.43. The van der Waals surface area contributed by atoms with Gasteiger partial charge in [-0.2, -0.15) is 5.10 Å². The molecule has 2 fully saturated rings. The molecule has 1 aromatic heterocycles. The lowest BCUT2D eigenvalue weighted by Gasteiger charge is -2.33. The number of likely N-dealkylation sites (N-methyl/N-ethyl adjacent to an activating group) is 1. The second-order valence-corrected chi connectivity index (χ2v) is 14.0. The fourth-order valence-corrected chi connectivity index (χ4v) is 6.74. The summed E-state index contributed by atoms with van der Waals surface area (Å²) in [5, 5.41) is 9.52. The van der Waals surface area contributed by atoms with E-state index in [1.54, 1.807) is 45.3 Å². The molecule has 16 heteroatoms.